The fraction of sp³-hybridized carbons (Fsp3) is 0. The van der Waals surface area contributed by atoms with Crippen molar-refractivity contribution in [2.24, 2.45) is 0 Å². The van der Waals surface area contributed by atoms with Crippen LogP contribution in [0.25, 0.3) is 0 Å². The summed E-state index contributed by atoms with van der Waals surface area (Å²) in [4.78, 5) is 10.8. The van der Waals surface area contributed by atoms with E-state index in [2.05, 4.69) is 21.2 Å². The van der Waals surface area contributed by atoms with Crippen molar-refractivity contribution in [1.29, 1.82) is 0 Å². The van der Waals surface area contributed by atoms with E-state index >= 15 is 0 Å². The number of nitrogens with one attached hydrogen (secondary N) is 1. The molecular weight excluding hydrogens is 315 g/mol. The van der Waals surface area contributed by atoms with Crippen LogP contribution in [0.15, 0.2) is 40.9 Å². The van der Waals surface area contributed by atoms with E-state index in [0.717, 1.165) is 0 Å². The van der Waals surface area contributed by atoms with Gasteiger partial charge in [-0.3, -0.25) is 0 Å². The molecule has 0 unspecified atom stereocenters. The summed E-state index contributed by atoms with van der Waals surface area (Å²) in [7, 11) is 0. The van der Waals surface area contributed by atoms with E-state index < -0.39 is 5.97 Å². The van der Waals surface area contributed by atoms with E-state index in [4.69, 9.17) is 10.8 Å². The van der Waals surface area contributed by atoms with Crippen LogP contribution in [0.3, 0.4) is 0 Å². The predicted octanol–water partition coefficient (Wildman–Crippen LogP) is 3.61. The van der Waals surface area contributed by atoms with E-state index in [1.165, 1.54) is 18.2 Å². The SMILES string of the molecule is Nc1cc(C(=O)O)ccc1Nc1ccc(F)c(Br)c1. The first kappa shape index (κ1) is 13.4. The number of anilines is 3. The summed E-state index contributed by atoms with van der Waals surface area (Å²) in [5, 5.41) is 11.8. The highest BCUT2D eigenvalue weighted by molar-refractivity contribution is 9.10. The number of carboxylic acids is 1. The van der Waals surface area contributed by atoms with Crippen LogP contribution >= 0.6 is 15.9 Å². The third-order valence-corrected chi connectivity index (χ3v) is 3.10. The molecule has 0 atom stereocenters. The fourth-order valence-electron chi connectivity index (χ4n) is 1.54. The van der Waals surface area contributed by atoms with Gasteiger partial charge in [-0.05, 0) is 52.3 Å². The first-order chi connectivity index (χ1) is 8.97. The van der Waals surface area contributed by atoms with Gasteiger partial charge in [-0.2, -0.15) is 0 Å². The minimum absolute atomic E-state index is 0.114. The van der Waals surface area contributed by atoms with Gasteiger partial charge in [0.2, 0.25) is 0 Å². The van der Waals surface area contributed by atoms with Crippen molar-refractivity contribution in [2.75, 3.05) is 11.1 Å². The highest BCUT2D eigenvalue weighted by atomic mass is 79.9. The molecule has 6 heteroatoms. The third kappa shape index (κ3) is 3.03. The van der Waals surface area contributed by atoms with Crippen LogP contribution in [0, 0.1) is 5.82 Å². The molecular formula is C13H10BrFN2O2. The molecule has 98 valence electrons. The average molecular weight is 325 g/mol. The average Bonchev–Trinajstić information content (AvgIpc) is 2.36. The minimum atomic E-state index is -1.04. The molecule has 0 aliphatic carbocycles. The Bertz CT molecular complexity index is 647. The summed E-state index contributed by atoms with van der Waals surface area (Å²) in [5.74, 6) is -1.40. The number of carboxylic acid groups (broad SMARTS) is 1. The molecule has 2 aromatic carbocycles. The molecule has 2 aromatic rings. The molecule has 0 heterocycles. The zero-order valence-corrected chi connectivity index (χ0v) is 11.2. The van der Waals surface area contributed by atoms with Gasteiger partial charge in [-0.1, -0.05) is 0 Å². The lowest BCUT2D eigenvalue weighted by Gasteiger charge is -2.10. The highest BCUT2D eigenvalue weighted by Crippen LogP contribution is 2.27. The van der Waals surface area contributed by atoms with Gasteiger partial charge in [0.1, 0.15) is 5.82 Å². The standard InChI is InChI=1S/C13H10BrFN2O2/c14-9-6-8(2-3-10(9)15)17-12-4-1-7(13(18)19)5-11(12)16/h1-6,17H,16H2,(H,18,19). The van der Waals surface area contributed by atoms with Crippen molar-refractivity contribution < 1.29 is 14.3 Å². The molecule has 0 spiro atoms. The van der Waals surface area contributed by atoms with E-state index in [-0.39, 0.29) is 11.4 Å². The van der Waals surface area contributed by atoms with Gasteiger partial charge in [-0.15, -0.1) is 0 Å². The van der Waals surface area contributed by atoms with Gasteiger partial charge in [0.05, 0.1) is 21.4 Å². The van der Waals surface area contributed by atoms with Crippen LogP contribution < -0.4 is 11.1 Å². The predicted molar refractivity (Wildman–Crippen MR) is 75.2 cm³/mol. The zero-order valence-electron chi connectivity index (χ0n) is 9.65. The number of benzene rings is 2. The molecule has 0 aliphatic heterocycles. The Balaban J connectivity index is 2.28. The molecule has 0 aromatic heterocycles. The molecule has 0 bridgehead atoms. The largest absolute Gasteiger partial charge is 0.478 e. The summed E-state index contributed by atoms with van der Waals surface area (Å²) in [5.41, 5.74) is 7.38. The molecule has 0 radical (unpaired) electrons. The monoisotopic (exact) mass is 324 g/mol. The van der Waals surface area contributed by atoms with Crippen molar-refractivity contribution in [3.63, 3.8) is 0 Å². The van der Waals surface area contributed by atoms with Crippen LogP contribution in [0.4, 0.5) is 21.5 Å². The van der Waals surface area contributed by atoms with Crippen molar-refractivity contribution in [2.45, 2.75) is 0 Å². The van der Waals surface area contributed by atoms with Crippen LogP contribution in [0.1, 0.15) is 10.4 Å². The first-order valence-electron chi connectivity index (χ1n) is 5.32. The van der Waals surface area contributed by atoms with E-state index in [0.29, 0.717) is 21.5 Å². The number of hydrogen-bond acceptors (Lipinski definition) is 3. The Hall–Kier alpha value is -2.08. The summed E-state index contributed by atoms with van der Waals surface area (Å²) in [6, 6.07) is 8.82. The molecule has 0 amide bonds. The number of halogens is 2. The molecule has 19 heavy (non-hydrogen) atoms. The van der Waals surface area contributed by atoms with Crippen LogP contribution in [0.5, 0.6) is 0 Å². The molecule has 2 rings (SSSR count). The molecule has 4 nitrogen and oxygen atoms in total. The molecule has 0 fully saturated rings. The van der Waals surface area contributed by atoms with Gasteiger partial charge in [0, 0.05) is 5.69 Å². The van der Waals surface area contributed by atoms with Crippen molar-refractivity contribution in [1.82, 2.24) is 0 Å². The Morgan fingerprint density at radius 2 is 2.00 bits per heavy atom. The lowest BCUT2D eigenvalue weighted by molar-refractivity contribution is 0.0697. The molecule has 0 saturated heterocycles. The number of rotatable bonds is 3. The highest BCUT2D eigenvalue weighted by Gasteiger charge is 2.07. The maximum atomic E-state index is 13.1. The lowest BCUT2D eigenvalue weighted by Crippen LogP contribution is -2.01. The van der Waals surface area contributed by atoms with E-state index in [1.54, 1.807) is 18.2 Å². The van der Waals surface area contributed by atoms with Gasteiger partial charge in [0.15, 0.2) is 0 Å². The van der Waals surface area contributed by atoms with Crippen molar-refractivity contribution in [3.8, 4) is 0 Å². The van der Waals surface area contributed by atoms with Gasteiger partial charge >= 0.3 is 5.97 Å². The number of nitrogens with two attached hydrogens (primary N) is 1. The van der Waals surface area contributed by atoms with Gasteiger partial charge < -0.3 is 16.2 Å². The van der Waals surface area contributed by atoms with Gasteiger partial charge in [0.25, 0.3) is 0 Å². The van der Waals surface area contributed by atoms with E-state index in [1.807, 2.05) is 0 Å². The maximum Gasteiger partial charge on any atom is 0.335 e. The summed E-state index contributed by atoms with van der Waals surface area (Å²) >= 11 is 3.08. The molecule has 0 saturated carbocycles. The molecule has 0 aliphatic rings. The van der Waals surface area contributed by atoms with Crippen LogP contribution in [-0.4, -0.2) is 11.1 Å². The number of carbonyl (C=O) groups is 1. The van der Waals surface area contributed by atoms with E-state index in [9.17, 15) is 9.18 Å². The second-order valence-corrected chi connectivity index (χ2v) is 4.72. The third-order valence-electron chi connectivity index (χ3n) is 2.50. The Labute approximate surface area is 117 Å². The molecule has 4 N–H and O–H groups in total. The van der Waals surface area contributed by atoms with Crippen LogP contribution in [0.2, 0.25) is 0 Å². The first-order valence-corrected chi connectivity index (χ1v) is 6.11. The van der Waals surface area contributed by atoms with Gasteiger partial charge in [-0.25, -0.2) is 9.18 Å². The smallest absolute Gasteiger partial charge is 0.335 e. The number of hydrogen-bond donors (Lipinski definition) is 3. The second kappa shape index (κ2) is 5.27. The zero-order chi connectivity index (χ0) is 14.0. The van der Waals surface area contributed by atoms with Crippen LogP contribution in [-0.2, 0) is 0 Å². The lowest BCUT2D eigenvalue weighted by atomic mass is 10.1. The van der Waals surface area contributed by atoms with Crippen molar-refractivity contribution >= 4 is 39.0 Å². The number of aromatic carboxylic acids is 1. The summed E-state index contributed by atoms with van der Waals surface area (Å²) in [6.07, 6.45) is 0. The summed E-state index contributed by atoms with van der Waals surface area (Å²) < 4.78 is 13.4. The topological polar surface area (TPSA) is 75.4 Å². The fourth-order valence-corrected chi connectivity index (χ4v) is 1.92. The Morgan fingerprint density at radius 3 is 2.58 bits per heavy atom. The Morgan fingerprint density at radius 1 is 1.26 bits per heavy atom. The normalized spacial score (nSPS) is 10.2. The summed E-state index contributed by atoms with van der Waals surface area (Å²) in [6.45, 7) is 0. The van der Waals surface area contributed by atoms with Crippen molar-refractivity contribution in [3.05, 3.63) is 52.3 Å². The quantitative estimate of drug-likeness (QED) is 0.754. The minimum Gasteiger partial charge on any atom is -0.478 e. The Kier molecular flexibility index (Phi) is 3.71. The number of nitrogen functional groups attached to an aromatic ring is 1. The maximum absolute atomic E-state index is 13.1. The second-order valence-electron chi connectivity index (χ2n) is 3.86.